The van der Waals surface area contributed by atoms with E-state index in [-0.39, 0.29) is 10.8 Å². The molecule has 0 heterocycles. The van der Waals surface area contributed by atoms with Crippen LogP contribution in [0.25, 0.3) is 11.1 Å². The number of hydrogen-bond acceptors (Lipinski definition) is 4. The van der Waals surface area contributed by atoms with Gasteiger partial charge in [0.15, 0.2) is 0 Å². The van der Waals surface area contributed by atoms with Crippen LogP contribution in [-0.4, -0.2) is 25.5 Å². The number of Topliss-reactive ketones (excluding diaryl/α,β-unsaturated/α-hetero) is 1. The lowest BCUT2D eigenvalue weighted by molar-refractivity contribution is -0.135. The number of benzene rings is 2. The summed E-state index contributed by atoms with van der Waals surface area (Å²) in [6.45, 7) is 11.7. The highest BCUT2D eigenvalue weighted by Crippen LogP contribution is 2.49. The van der Waals surface area contributed by atoms with E-state index >= 15 is 0 Å². The molecule has 0 saturated heterocycles. The first-order valence-electron chi connectivity index (χ1n) is 10.2. The molecular formula is C25H30O4. The molecular weight excluding hydrogens is 364 g/mol. The lowest BCUT2D eigenvalue weighted by atomic mass is 9.62. The van der Waals surface area contributed by atoms with Crippen molar-refractivity contribution in [2.24, 2.45) is 0 Å². The molecule has 154 valence electrons. The maximum Gasteiger partial charge on any atom is 0.379 e. The van der Waals surface area contributed by atoms with Crippen LogP contribution in [0.1, 0.15) is 68.9 Å². The van der Waals surface area contributed by atoms with E-state index in [2.05, 4.69) is 44.6 Å². The molecule has 0 aromatic heterocycles. The normalized spacial score (nSPS) is 16.6. The van der Waals surface area contributed by atoms with Crippen LogP contribution < -0.4 is 4.74 Å². The fourth-order valence-electron chi connectivity index (χ4n) is 4.11. The Balaban J connectivity index is 2.12. The molecule has 0 unspecified atom stereocenters. The average Bonchev–Trinajstić information content (AvgIpc) is 2.70. The number of esters is 1. The van der Waals surface area contributed by atoms with Crippen LogP contribution in [0.5, 0.6) is 5.75 Å². The SMILES string of the molecule is CCOc1cc2c(cc1-c1ccc(C(=O)C(=O)OC)cc1)C(C)(C)CCC2(C)C. The number of hydrogen-bond donors (Lipinski definition) is 0. The summed E-state index contributed by atoms with van der Waals surface area (Å²) in [6.07, 6.45) is 2.27. The molecule has 0 aliphatic heterocycles. The molecule has 0 saturated carbocycles. The molecule has 0 fully saturated rings. The summed E-state index contributed by atoms with van der Waals surface area (Å²) >= 11 is 0. The van der Waals surface area contributed by atoms with Crippen molar-refractivity contribution in [2.75, 3.05) is 13.7 Å². The molecule has 29 heavy (non-hydrogen) atoms. The second kappa shape index (κ2) is 7.66. The van der Waals surface area contributed by atoms with Gasteiger partial charge in [0.1, 0.15) is 5.75 Å². The smallest absolute Gasteiger partial charge is 0.379 e. The van der Waals surface area contributed by atoms with E-state index in [1.807, 2.05) is 19.1 Å². The van der Waals surface area contributed by atoms with E-state index in [4.69, 9.17) is 4.74 Å². The third-order valence-corrected chi connectivity index (χ3v) is 6.08. The molecule has 2 aromatic carbocycles. The van der Waals surface area contributed by atoms with Gasteiger partial charge >= 0.3 is 5.97 Å². The number of carbonyl (C=O) groups is 2. The van der Waals surface area contributed by atoms with Crippen LogP contribution in [0.15, 0.2) is 36.4 Å². The highest BCUT2D eigenvalue weighted by atomic mass is 16.5. The summed E-state index contributed by atoms with van der Waals surface area (Å²) in [7, 11) is 1.21. The molecule has 4 nitrogen and oxygen atoms in total. The van der Waals surface area contributed by atoms with Crippen molar-refractivity contribution < 1.29 is 19.1 Å². The summed E-state index contributed by atoms with van der Waals surface area (Å²) in [5.74, 6) is -0.646. The van der Waals surface area contributed by atoms with Crippen LogP contribution in [0.4, 0.5) is 0 Å². The Bertz CT molecular complexity index is 936. The predicted octanol–water partition coefficient (Wildman–Crippen LogP) is 5.46. The Hall–Kier alpha value is -2.62. The lowest BCUT2D eigenvalue weighted by Gasteiger charge is -2.42. The predicted molar refractivity (Wildman–Crippen MR) is 115 cm³/mol. The van der Waals surface area contributed by atoms with Crippen LogP contribution in [0.3, 0.4) is 0 Å². The first-order chi connectivity index (χ1) is 13.6. The van der Waals surface area contributed by atoms with Gasteiger partial charge < -0.3 is 9.47 Å². The zero-order chi connectivity index (χ0) is 21.4. The number of carbonyl (C=O) groups excluding carboxylic acids is 2. The lowest BCUT2D eigenvalue weighted by Crippen LogP contribution is -2.33. The van der Waals surface area contributed by atoms with Gasteiger partial charge in [0.2, 0.25) is 0 Å². The van der Waals surface area contributed by atoms with Gasteiger partial charge in [-0.15, -0.1) is 0 Å². The van der Waals surface area contributed by atoms with Gasteiger partial charge in [-0.25, -0.2) is 4.79 Å². The molecule has 0 N–H and O–H groups in total. The third-order valence-electron chi connectivity index (χ3n) is 6.08. The summed E-state index contributed by atoms with van der Waals surface area (Å²) < 4.78 is 10.5. The highest BCUT2D eigenvalue weighted by molar-refractivity contribution is 6.40. The Morgan fingerprint density at radius 1 is 0.931 bits per heavy atom. The Labute approximate surface area is 173 Å². The first kappa shape index (κ1) is 21.1. The topological polar surface area (TPSA) is 52.6 Å². The number of ketones is 1. The van der Waals surface area contributed by atoms with E-state index in [9.17, 15) is 9.59 Å². The molecule has 1 aliphatic rings. The first-order valence-corrected chi connectivity index (χ1v) is 10.2. The monoisotopic (exact) mass is 394 g/mol. The summed E-state index contributed by atoms with van der Waals surface area (Å²) in [4.78, 5) is 23.5. The van der Waals surface area contributed by atoms with E-state index in [0.717, 1.165) is 29.7 Å². The molecule has 0 spiro atoms. The second-order valence-electron chi connectivity index (χ2n) is 8.99. The standard InChI is InChI=1S/C25H30O4/c1-7-29-21-15-20-19(24(2,3)12-13-25(20,4)5)14-18(21)16-8-10-17(11-9-16)22(26)23(27)28-6/h8-11,14-15H,7,12-13H2,1-6H3. The van der Waals surface area contributed by atoms with Crippen molar-refractivity contribution in [3.63, 3.8) is 0 Å². The van der Waals surface area contributed by atoms with Gasteiger partial charge in [-0.1, -0.05) is 52.0 Å². The largest absolute Gasteiger partial charge is 0.493 e. The van der Waals surface area contributed by atoms with Crippen LogP contribution in [0.2, 0.25) is 0 Å². The Morgan fingerprint density at radius 2 is 1.48 bits per heavy atom. The molecule has 0 amide bonds. The van der Waals surface area contributed by atoms with Crippen molar-refractivity contribution in [1.29, 1.82) is 0 Å². The van der Waals surface area contributed by atoms with Crippen LogP contribution in [0, 0.1) is 0 Å². The number of rotatable bonds is 5. The maximum atomic E-state index is 12.0. The van der Waals surface area contributed by atoms with Gasteiger partial charge in [-0.3, -0.25) is 4.79 Å². The molecule has 3 rings (SSSR count). The molecule has 0 radical (unpaired) electrons. The number of methoxy groups -OCH3 is 1. The van der Waals surface area contributed by atoms with Gasteiger partial charge in [0.25, 0.3) is 5.78 Å². The fourth-order valence-corrected chi connectivity index (χ4v) is 4.11. The van der Waals surface area contributed by atoms with Crippen molar-refractivity contribution in [3.05, 3.63) is 53.1 Å². The summed E-state index contributed by atoms with van der Waals surface area (Å²) in [6, 6.07) is 11.5. The van der Waals surface area contributed by atoms with Crippen LogP contribution >= 0.6 is 0 Å². The molecule has 0 bridgehead atoms. The van der Waals surface area contributed by atoms with Crippen LogP contribution in [-0.2, 0) is 20.4 Å². The molecule has 4 heteroatoms. The van der Waals surface area contributed by atoms with E-state index in [1.54, 1.807) is 12.1 Å². The van der Waals surface area contributed by atoms with Gasteiger partial charge in [-0.05, 0) is 59.4 Å². The highest BCUT2D eigenvalue weighted by Gasteiger charge is 2.38. The van der Waals surface area contributed by atoms with E-state index in [1.165, 1.54) is 18.2 Å². The summed E-state index contributed by atoms with van der Waals surface area (Å²) in [5.41, 5.74) is 5.17. The number of ether oxygens (including phenoxy) is 2. The number of fused-ring (bicyclic) bond motifs is 1. The van der Waals surface area contributed by atoms with Gasteiger partial charge in [0.05, 0.1) is 13.7 Å². The van der Waals surface area contributed by atoms with Crippen molar-refractivity contribution in [3.8, 4) is 16.9 Å². The van der Waals surface area contributed by atoms with Crippen molar-refractivity contribution >= 4 is 11.8 Å². The molecule has 0 atom stereocenters. The quantitative estimate of drug-likeness (QED) is 0.384. The van der Waals surface area contributed by atoms with Gasteiger partial charge in [0, 0.05) is 11.1 Å². The zero-order valence-corrected chi connectivity index (χ0v) is 18.2. The zero-order valence-electron chi connectivity index (χ0n) is 18.2. The average molecular weight is 395 g/mol. The fraction of sp³-hybridized carbons (Fsp3) is 0.440. The Kier molecular flexibility index (Phi) is 5.57. The molecule has 2 aromatic rings. The van der Waals surface area contributed by atoms with Gasteiger partial charge in [-0.2, -0.15) is 0 Å². The minimum atomic E-state index is -0.856. The van der Waals surface area contributed by atoms with E-state index < -0.39 is 11.8 Å². The maximum absolute atomic E-state index is 12.0. The van der Waals surface area contributed by atoms with E-state index in [0.29, 0.717) is 12.2 Å². The molecule has 1 aliphatic carbocycles. The minimum Gasteiger partial charge on any atom is -0.493 e. The second-order valence-corrected chi connectivity index (χ2v) is 8.99. The minimum absolute atomic E-state index is 0.0884. The Morgan fingerprint density at radius 3 is 2.00 bits per heavy atom. The van der Waals surface area contributed by atoms with Crippen molar-refractivity contribution in [2.45, 2.75) is 58.3 Å². The summed E-state index contributed by atoms with van der Waals surface area (Å²) in [5, 5.41) is 0. The third kappa shape index (κ3) is 3.93. The van der Waals surface area contributed by atoms with Crippen molar-refractivity contribution in [1.82, 2.24) is 0 Å².